The topological polar surface area (TPSA) is 46.3 Å². The fourth-order valence-corrected chi connectivity index (χ4v) is 2.53. The molecule has 0 saturated carbocycles. The Hall–Kier alpha value is -2.78. The summed E-state index contributed by atoms with van der Waals surface area (Å²) in [6.45, 7) is 3.32. The maximum atomic E-state index is 13.5. The van der Waals surface area contributed by atoms with Gasteiger partial charge in [0.15, 0.2) is 11.6 Å². The first-order chi connectivity index (χ1) is 12.1. The zero-order valence-electron chi connectivity index (χ0n) is 14.0. The van der Waals surface area contributed by atoms with E-state index in [1.165, 1.54) is 12.1 Å². The molecule has 0 unspecified atom stereocenters. The number of halogens is 5. The SMILES string of the molecule is Cc1cc(N(C)[C@@H](C)c2ccc(F)c(F)c2)n2nc(C(F)(F)F)nc2n1. The van der Waals surface area contributed by atoms with Gasteiger partial charge >= 0.3 is 6.18 Å². The Kier molecular flexibility index (Phi) is 4.29. The first-order valence-corrected chi connectivity index (χ1v) is 7.57. The minimum Gasteiger partial charge on any atom is -0.353 e. The van der Waals surface area contributed by atoms with Crippen LogP contribution in [-0.4, -0.2) is 26.6 Å². The average Bonchev–Trinajstić information content (AvgIpc) is 2.99. The molecule has 2 heterocycles. The second-order valence-electron chi connectivity index (χ2n) is 5.86. The highest BCUT2D eigenvalue weighted by molar-refractivity contribution is 5.49. The van der Waals surface area contributed by atoms with Gasteiger partial charge in [-0.3, -0.25) is 0 Å². The van der Waals surface area contributed by atoms with Gasteiger partial charge in [0.05, 0.1) is 6.04 Å². The number of hydrogen-bond donors (Lipinski definition) is 0. The van der Waals surface area contributed by atoms with Gasteiger partial charge in [-0.2, -0.15) is 22.7 Å². The molecule has 0 amide bonds. The van der Waals surface area contributed by atoms with E-state index in [0.717, 1.165) is 16.6 Å². The largest absolute Gasteiger partial charge is 0.453 e. The van der Waals surface area contributed by atoms with Crippen LogP contribution < -0.4 is 4.90 Å². The van der Waals surface area contributed by atoms with Crippen LogP contribution in [0.5, 0.6) is 0 Å². The van der Waals surface area contributed by atoms with Gasteiger partial charge in [-0.25, -0.2) is 13.8 Å². The van der Waals surface area contributed by atoms with Crippen LogP contribution in [0.4, 0.5) is 27.8 Å². The maximum absolute atomic E-state index is 13.5. The molecule has 138 valence electrons. The van der Waals surface area contributed by atoms with E-state index in [0.29, 0.717) is 11.3 Å². The van der Waals surface area contributed by atoms with Gasteiger partial charge in [-0.05, 0) is 31.5 Å². The fraction of sp³-hybridized carbons (Fsp3) is 0.312. The van der Waals surface area contributed by atoms with Crippen molar-refractivity contribution < 1.29 is 22.0 Å². The Morgan fingerprint density at radius 3 is 2.38 bits per heavy atom. The molecule has 5 nitrogen and oxygen atoms in total. The molecule has 0 bridgehead atoms. The van der Waals surface area contributed by atoms with Crippen molar-refractivity contribution >= 4 is 11.6 Å². The van der Waals surface area contributed by atoms with Gasteiger partial charge in [0.2, 0.25) is 0 Å². The first-order valence-electron chi connectivity index (χ1n) is 7.57. The molecule has 0 N–H and O–H groups in total. The standard InChI is InChI=1S/C16H14F5N5/c1-8-6-13(26-15(22-8)23-14(24-26)16(19,20)21)25(3)9(2)10-4-5-11(17)12(18)7-10/h4-7,9H,1-3H3/t9-/m0/s1. The lowest BCUT2D eigenvalue weighted by Gasteiger charge is -2.27. The van der Waals surface area contributed by atoms with Gasteiger partial charge in [0, 0.05) is 18.8 Å². The van der Waals surface area contributed by atoms with E-state index in [-0.39, 0.29) is 11.6 Å². The Labute approximate surface area is 145 Å². The molecular formula is C16H14F5N5. The zero-order chi connectivity index (χ0) is 19.2. The summed E-state index contributed by atoms with van der Waals surface area (Å²) in [5.41, 5.74) is 0.892. The molecule has 2 aromatic heterocycles. The Bertz CT molecular complexity index is 966. The predicted molar refractivity (Wildman–Crippen MR) is 83.7 cm³/mol. The lowest BCUT2D eigenvalue weighted by Crippen LogP contribution is -2.25. The van der Waals surface area contributed by atoms with Crippen molar-refractivity contribution in [2.75, 3.05) is 11.9 Å². The van der Waals surface area contributed by atoms with Crippen LogP contribution in [0.2, 0.25) is 0 Å². The molecule has 0 radical (unpaired) electrons. The molecule has 1 aromatic carbocycles. The number of anilines is 1. The van der Waals surface area contributed by atoms with Crippen molar-refractivity contribution in [1.29, 1.82) is 0 Å². The van der Waals surface area contributed by atoms with E-state index in [4.69, 9.17) is 0 Å². The summed E-state index contributed by atoms with van der Waals surface area (Å²) in [5, 5.41) is 3.50. The van der Waals surface area contributed by atoms with Crippen LogP contribution in [0.15, 0.2) is 24.3 Å². The third-order valence-electron chi connectivity index (χ3n) is 4.04. The van der Waals surface area contributed by atoms with Crippen molar-refractivity contribution in [3.05, 3.63) is 53.0 Å². The van der Waals surface area contributed by atoms with Crippen LogP contribution in [0.3, 0.4) is 0 Å². The Morgan fingerprint density at radius 1 is 1.08 bits per heavy atom. The molecule has 3 aromatic rings. The second kappa shape index (κ2) is 6.19. The average molecular weight is 371 g/mol. The van der Waals surface area contributed by atoms with Crippen molar-refractivity contribution in [2.45, 2.75) is 26.1 Å². The number of nitrogens with zero attached hydrogens (tertiary/aromatic N) is 5. The maximum Gasteiger partial charge on any atom is 0.453 e. The van der Waals surface area contributed by atoms with Crippen molar-refractivity contribution in [3.8, 4) is 0 Å². The predicted octanol–water partition coefficient (Wildman–Crippen LogP) is 3.93. The monoisotopic (exact) mass is 371 g/mol. The van der Waals surface area contributed by atoms with Crippen LogP contribution >= 0.6 is 0 Å². The molecular weight excluding hydrogens is 357 g/mol. The van der Waals surface area contributed by atoms with Gasteiger partial charge in [0.25, 0.3) is 11.6 Å². The molecule has 10 heteroatoms. The van der Waals surface area contributed by atoms with Crippen LogP contribution in [0, 0.1) is 18.6 Å². The normalized spacial score (nSPS) is 13.2. The molecule has 3 rings (SSSR count). The molecule has 26 heavy (non-hydrogen) atoms. The lowest BCUT2D eigenvalue weighted by molar-refractivity contribution is -0.144. The Balaban J connectivity index is 2.08. The highest BCUT2D eigenvalue weighted by Gasteiger charge is 2.37. The number of aromatic nitrogens is 4. The number of alkyl halides is 3. The molecule has 0 aliphatic rings. The van der Waals surface area contributed by atoms with E-state index in [1.807, 2.05) is 0 Å². The summed E-state index contributed by atoms with van der Waals surface area (Å²) in [7, 11) is 1.61. The van der Waals surface area contributed by atoms with E-state index in [1.54, 1.807) is 25.8 Å². The van der Waals surface area contributed by atoms with Crippen molar-refractivity contribution in [1.82, 2.24) is 19.6 Å². The van der Waals surface area contributed by atoms with Crippen LogP contribution in [-0.2, 0) is 6.18 Å². The smallest absolute Gasteiger partial charge is 0.353 e. The summed E-state index contributed by atoms with van der Waals surface area (Å²) < 4.78 is 66.3. The number of benzene rings is 1. The minimum absolute atomic E-state index is 0.198. The quantitative estimate of drug-likeness (QED) is 0.655. The first kappa shape index (κ1) is 18.0. The van der Waals surface area contributed by atoms with Gasteiger partial charge in [-0.1, -0.05) is 6.07 Å². The van der Waals surface area contributed by atoms with Crippen molar-refractivity contribution in [3.63, 3.8) is 0 Å². The van der Waals surface area contributed by atoms with E-state index in [2.05, 4.69) is 15.1 Å². The highest BCUT2D eigenvalue weighted by Crippen LogP contribution is 2.30. The van der Waals surface area contributed by atoms with Crippen molar-refractivity contribution in [2.24, 2.45) is 0 Å². The molecule has 0 aliphatic heterocycles. The lowest BCUT2D eigenvalue weighted by atomic mass is 10.1. The van der Waals surface area contributed by atoms with E-state index < -0.39 is 29.7 Å². The van der Waals surface area contributed by atoms with Gasteiger partial charge < -0.3 is 4.90 Å². The summed E-state index contributed by atoms with van der Waals surface area (Å²) >= 11 is 0. The molecule has 0 fully saturated rings. The third kappa shape index (κ3) is 3.18. The number of fused-ring (bicyclic) bond motifs is 1. The molecule has 1 atom stereocenters. The molecule has 0 saturated heterocycles. The minimum atomic E-state index is -4.71. The fourth-order valence-electron chi connectivity index (χ4n) is 2.53. The summed E-state index contributed by atoms with van der Waals surface area (Å²) in [4.78, 5) is 8.98. The summed E-state index contributed by atoms with van der Waals surface area (Å²) in [6.07, 6.45) is -4.71. The summed E-state index contributed by atoms with van der Waals surface area (Å²) in [5.74, 6) is -3.19. The van der Waals surface area contributed by atoms with Gasteiger partial charge in [0.1, 0.15) is 5.82 Å². The van der Waals surface area contributed by atoms with Gasteiger partial charge in [-0.15, -0.1) is 5.10 Å². The zero-order valence-corrected chi connectivity index (χ0v) is 14.0. The van der Waals surface area contributed by atoms with Crippen LogP contribution in [0.25, 0.3) is 5.78 Å². The number of hydrogen-bond acceptors (Lipinski definition) is 4. The van der Waals surface area contributed by atoms with Crippen LogP contribution in [0.1, 0.15) is 30.0 Å². The van der Waals surface area contributed by atoms with E-state index >= 15 is 0 Å². The number of rotatable bonds is 3. The third-order valence-corrected chi connectivity index (χ3v) is 4.04. The summed E-state index contributed by atoms with van der Waals surface area (Å²) in [6, 6.07) is 4.52. The number of aryl methyl sites for hydroxylation is 1. The second-order valence-corrected chi connectivity index (χ2v) is 5.86. The molecule has 0 spiro atoms. The molecule has 0 aliphatic carbocycles. The highest BCUT2D eigenvalue weighted by atomic mass is 19.4. The van der Waals surface area contributed by atoms with E-state index in [9.17, 15) is 22.0 Å². The Morgan fingerprint density at radius 2 is 1.77 bits per heavy atom.